The molecule has 1 aromatic heterocycles. The van der Waals surface area contributed by atoms with Gasteiger partial charge in [-0.15, -0.1) is 0 Å². The van der Waals surface area contributed by atoms with Gasteiger partial charge in [-0.25, -0.2) is 0 Å². The van der Waals surface area contributed by atoms with Crippen molar-refractivity contribution in [2.24, 2.45) is 5.92 Å². The fourth-order valence-electron chi connectivity index (χ4n) is 3.32. The maximum Gasteiger partial charge on any atom is 0.308 e. The molecule has 155 valence electrons. The van der Waals surface area contributed by atoms with Gasteiger partial charge in [0.15, 0.2) is 0 Å². The number of aromatic nitrogens is 1. The molecule has 1 amide bonds. The first-order chi connectivity index (χ1) is 14.5. The summed E-state index contributed by atoms with van der Waals surface area (Å²) in [5.74, 6) is -1.83. The monoisotopic (exact) mass is 438 g/mol. The lowest BCUT2D eigenvalue weighted by Crippen LogP contribution is -2.52. The Morgan fingerprint density at radius 3 is 2.50 bits per heavy atom. The lowest BCUT2D eigenvalue weighted by molar-refractivity contribution is -0.142. The van der Waals surface area contributed by atoms with E-state index < -0.39 is 23.6 Å². The van der Waals surface area contributed by atoms with Gasteiger partial charge >= 0.3 is 5.97 Å². The number of thiol groups is 1. The molecule has 0 saturated heterocycles. The molecular formula is C22H24N3O3SSi. The number of amides is 1. The number of aromatic amines is 1. The molecule has 0 aliphatic rings. The van der Waals surface area contributed by atoms with E-state index in [2.05, 4.69) is 38.5 Å². The number of para-hydroxylation sites is 1. The van der Waals surface area contributed by atoms with Crippen LogP contribution in [0.15, 0.2) is 60.8 Å². The normalized spacial score (nSPS) is 14.2. The molecule has 1 heterocycles. The molecular weight excluding hydrogens is 414 g/mol. The molecule has 4 N–H and O–H groups in total. The molecule has 0 aliphatic heterocycles. The van der Waals surface area contributed by atoms with Crippen LogP contribution >= 0.6 is 12.6 Å². The Morgan fingerprint density at radius 2 is 1.80 bits per heavy atom. The maximum atomic E-state index is 12.7. The van der Waals surface area contributed by atoms with Gasteiger partial charge in [-0.2, -0.15) is 12.6 Å². The predicted octanol–water partition coefficient (Wildman–Crippen LogP) is 2.11. The molecule has 6 nitrogen and oxygen atoms in total. The van der Waals surface area contributed by atoms with E-state index in [0.717, 1.165) is 22.0 Å². The van der Waals surface area contributed by atoms with Crippen LogP contribution in [0.5, 0.6) is 0 Å². The minimum atomic E-state index is -0.986. The van der Waals surface area contributed by atoms with Crippen molar-refractivity contribution in [1.82, 2.24) is 15.6 Å². The number of nitrogens with one attached hydrogen (secondary N) is 3. The SMILES string of the molecule is O=C(NC([Si])[C@@H](Cc1c[nH]c2ccccc12)C(=O)O)C(CS)NCc1ccccc1. The van der Waals surface area contributed by atoms with Gasteiger partial charge in [-0.1, -0.05) is 48.5 Å². The van der Waals surface area contributed by atoms with E-state index >= 15 is 0 Å². The standard InChI is InChI=1S/C22H24N3O3SSi/c26-20(19(13-29)23-11-14-6-2-1-3-7-14)25-21(30)17(22(27)28)10-15-12-24-18-9-5-4-8-16(15)18/h1-9,12,17,19,21,23-24,29H,10-11,13H2,(H,25,26)(H,27,28)/t17-,19?,21?/m1/s1. The van der Waals surface area contributed by atoms with Gasteiger partial charge in [0.25, 0.3) is 0 Å². The van der Waals surface area contributed by atoms with Crippen molar-refractivity contribution in [2.45, 2.75) is 24.7 Å². The lowest BCUT2D eigenvalue weighted by atomic mass is 9.98. The zero-order chi connectivity index (χ0) is 21.5. The largest absolute Gasteiger partial charge is 0.481 e. The summed E-state index contributed by atoms with van der Waals surface area (Å²) in [5.41, 5.74) is 2.16. The van der Waals surface area contributed by atoms with Gasteiger partial charge in [0.1, 0.15) is 0 Å². The first-order valence-electron chi connectivity index (χ1n) is 9.67. The fraction of sp³-hybridized carbons (Fsp3) is 0.273. The second-order valence-electron chi connectivity index (χ2n) is 7.10. The number of aliphatic carboxylic acids is 1. The van der Waals surface area contributed by atoms with Crippen LogP contribution in [-0.2, 0) is 22.6 Å². The number of rotatable bonds is 10. The molecule has 0 aliphatic carbocycles. The van der Waals surface area contributed by atoms with Crippen molar-refractivity contribution in [3.63, 3.8) is 0 Å². The van der Waals surface area contributed by atoms with Gasteiger partial charge < -0.3 is 20.7 Å². The Hall–Kier alpha value is -2.55. The van der Waals surface area contributed by atoms with Gasteiger partial charge in [0, 0.05) is 35.1 Å². The number of benzene rings is 2. The molecule has 0 fully saturated rings. The van der Waals surface area contributed by atoms with Gasteiger partial charge in [-0.05, 0) is 23.6 Å². The van der Waals surface area contributed by atoms with E-state index in [0.29, 0.717) is 6.54 Å². The van der Waals surface area contributed by atoms with Crippen LogP contribution in [0.25, 0.3) is 10.9 Å². The van der Waals surface area contributed by atoms with E-state index in [1.54, 1.807) is 0 Å². The van der Waals surface area contributed by atoms with Crippen molar-refractivity contribution < 1.29 is 14.7 Å². The topological polar surface area (TPSA) is 94.2 Å². The third-order valence-corrected chi connectivity index (χ3v) is 5.94. The van der Waals surface area contributed by atoms with Crippen LogP contribution in [0.3, 0.4) is 0 Å². The highest BCUT2D eigenvalue weighted by molar-refractivity contribution is 7.80. The first kappa shape index (κ1) is 22.1. The average molecular weight is 439 g/mol. The second kappa shape index (κ2) is 10.5. The average Bonchev–Trinajstić information content (AvgIpc) is 3.16. The molecule has 3 radical (unpaired) electrons. The molecule has 0 bridgehead atoms. The summed E-state index contributed by atoms with van der Waals surface area (Å²) in [6.07, 6.45) is 2.09. The summed E-state index contributed by atoms with van der Waals surface area (Å²) < 4.78 is 0. The number of carbonyl (C=O) groups excluding carboxylic acids is 1. The number of carbonyl (C=O) groups is 2. The summed E-state index contributed by atoms with van der Waals surface area (Å²) in [5, 5.41) is 16.7. The number of carboxylic acid groups (broad SMARTS) is 1. The van der Waals surface area contributed by atoms with Crippen LogP contribution in [0.2, 0.25) is 0 Å². The van der Waals surface area contributed by atoms with Crippen molar-refractivity contribution in [3.8, 4) is 0 Å². The van der Waals surface area contributed by atoms with Crippen LogP contribution in [0.4, 0.5) is 0 Å². The lowest BCUT2D eigenvalue weighted by Gasteiger charge is -2.24. The van der Waals surface area contributed by atoms with Crippen LogP contribution in [0, 0.1) is 5.92 Å². The minimum absolute atomic E-state index is 0.275. The van der Waals surface area contributed by atoms with Crippen molar-refractivity contribution in [2.75, 3.05) is 5.75 Å². The van der Waals surface area contributed by atoms with E-state index in [-0.39, 0.29) is 18.1 Å². The highest BCUT2D eigenvalue weighted by atomic mass is 32.1. The van der Waals surface area contributed by atoms with Gasteiger partial charge in [0.05, 0.1) is 22.2 Å². The number of hydrogen-bond donors (Lipinski definition) is 5. The Labute approximate surface area is 184 Å². The smallest absolute Gasteiger partial charge is 0.308 e. The molecule has 8 heteroatoms. The van der Waals surface area contributed by atoms with Gasteiger partial charge in [0.2, 0.25) is 5.91 Å². The van der Waals surface area contributed by atoms with Crippen LogP contribution in [0.1, 0.15) is 11.1 Å². The third-order valence-electron chi connectivity index (χ3n) is 5.03. The Morgan fingerprint density at radius 1 is 1.10 bits per heavy atom. The molecule has 30 heavy (non-hydrogen) atoms. The number of carboxylic acids is 1. The zero-order valence-corrected chi connectivity index (χ0v) is 18.2. The second-order valence-corrected chi connectivity index (χ2v) is 8.08. The Balaban J connectivity index is 1.63. The van der Waals surface area contributed by atoms with Crippen molar-refractivity contribution in [3.05, 3.63) is 71.9 Å². The van der Waals surface area contributed by atoms with Gasteiger partial charge in [-0.3, -0.25) is 9.59 Å². The fourth-order valence-corrected chi connectivity index (χ4v) is 4.01. The molecule has 2 unspecified atom stereocenters. The van der Waals surface area contributed by atoms with Crippen molar-refractivity contribution >= 4 is 45.7 Å². The minimum Gasteiger partial charge on any atom is -0.481 e. The van der Waals surface area contributed by atoms with E-state index in [4.69, 9.17) is 0 Å². The highest BCUT2D eigenvalue weighted by Gasteiger charge is 2.29. The van der Waals surface area contributed by atoms with E-state index in [1.165, 1.54) is 0 Å². The van der Waals surface area contributed by atoms with Crippen LogP contribution in [-0.4, -0.2) is 49.7 Å². The highest BCUT2D eigenvalue weighted by Crippen LogP contribution is 2.22. The summed E-state index contributed by atoms with van der Waals surface area (Å²) in [4.78, 5) is 27.8. The molecule has 0 spiro atoms. The quantitative estimate of drug-likeness (QED) is 0.248. The number of hydrogen-bond acceptors (Lipinski definition) is 4. The summed E-state index contributed by atoms with van der Waals surface area (Å²) in [6, 6.07) is 16.9. The number of fused-ring (bicyclic) bond motifs is 1. The predicted molar refractivity (Wildman–Crippen MR) is 122 cm³/mol. The Bertz CT molecular complexity index is 995. The Kier molecular flexibility index (Phi) is 7.73. The van der Waals surface area contributed by atoms with Crippen LogP contribution < -0.4 is 10.6 Å². The zero-order valence-electron chi connectivity index (χ0n) is 16.3. The molecule has 0 saturated carbocycles. The van der Waals surface area contributed by atoms with Crippen molar-refractivity contribution in [1.29, 1.82) is 0 Å². The molecule has 3 aromatic rings. The summed E-state index contributed by atoms with van der Waals surface area (Å²) in [7, 11) is 3.43. The summed E-state index contributed by atoms with van der Waals surface area (Å²) in [6.45, 7) is 0.517. The van der Waals surface area contributed by atoms with E-state index in [9.17, 15) is 14.7 Å². The third kappa shape index (κ3) is 5.53. The summed E-state index contributed by atoms with van der Waals surface area (Å²) >= 11 is 4.27. The molecule has 2 aromatic carbocycles. The molecule has 3 atom stereocenters. The molecule has 3 rings (SSSR count). The number of H-pyrrole nitrogens is 1. The van der Waals surface area contributed by atoms with E-state index in [1.807, 2.05) is 60.8 Å². The maximum absolute atomic E-state index is 12.7. The first-order valence-corrected chi connectivity index (χ1v) is 10.9.